The fourth-order valence-corrected chi connectivity index (χ4v) is 1.15. The van der Waals surface area contributed by atoms with Gasteiger partial charge in [-0.25, -0.2) is 0 Å². The Morgan fingerprint density at radius 2 is 1.78 bits per heavy atom. The zero-order valence-electron chi connectivity index (χ0n) is 9.84. The summed E-state index contributed by atoms with van der Waals surface area (Å²) in [5.41, 5.74) is 0. The van der Waals surface area contributed by atoms with Crippen LogP contribution in [0.5, 0.6) is 0 Å². The number of rotatable bonds is 8. The molecule has 18 heavy (non-hydrogen) atoms. The minimum absolute atomic E-state index is 0.0813. The second-order valence-corrected chi connectivity index (χ2v) is 3.87. The molecule has 0 aromatic heterocycles. The molecule has 0 aliphatic heterocycles. The molecule has 0 aromatic rings. The van der Waals surface area contributed by atoms with Crippen molar-refractivity contribution in [2.75, 3.05) is 6.61 Å². The third-order valence-corrected chi connectivity index (χ3v) is 2.13. The number of hydrogen-bond donors (Lipinski definition) is 5. The Labute approximate surface area is 103 Å². The lowest BCUT2D eigenvalue weighted by atomic mass is 10.0. The van der Waals surface area contributed by atoms with Gasteiger partial charge in [-0.2, -0.15) is 0 Å². The van der Waals surface area contributed by atoms with Crippen LogP contribution in [-0.4, -0.2) is 74.9 Å². The lowest BCUT2D eigenvalue weighted by molar-refractivity contribution is -0.169. The first-order chi connectivity index (χ1) is 8.33. The average molecular weight is 266 g/mol. The van der Waals surface area contributed by atoms with Crippen molar-refractivity contribution in [1.29, 1.82) is 0 Å². The van der Waals surface area contributed by atoms with Crippen molar-refractivity contribution in [1.82, 2.24) is 0 Å². The second kappa shape index (κ2) is 8.11. The molecule has 0 unspecified atom stereocenters. The van der Waals surface area contributed by atoms with Crippen LogP contribution in [0, 0.1) is 0 Å². The van der Waals surface area contributed by atoms with E-state index in [9.17, 15) is 19.8 Å². The summed E-state index contributed by atoms with van der Waals surface area (Å²) in [4.78, 5) is 21.8. The highest BCUT2D eigenvalue weighted by Crippen LogP contribution is 2.08. The molecule has 0 spiro atoms. The molecule has 8 nitrogen and oxygen atoms in total. The quantitative estimate of drug-likeness (QED) is 0.230. The van der Waals surface area contributed by atoms with Gasteiger partial charge in [0.05, 0.1) is 19.1 Å². The molecule has 0 rings (SSSR count). The molecule has 0 fully saturated rings. The van der Waals surface area contributed by atoms with E-state index in [-0.39, 0.29) is 12.7 Å². The Morgan fingerprint density at radius 3 is 2.17 bits per heavy atom. The molecule has 106 valence electrons. The number of aliphatic hydroxyl groups excluding tert-OH is 5. The van der Waals surface area contributed by atoms with Gasteiger partial charge >= 0.3 is 5.97 Å². The molecule has 0 amide bonds. The fourth-order valence-electron chi connectivity index (χ4n) is 1.15. The molecule has 0 aliphatic carbocycles. The SMILES string of the molecule is C[C@@H](O)CC(=O)O[C@@H](C=O)[C@@H](O)[C@H](O)[C@H](O)CO. The zero-order valence-corrected chi connectivity index (χ0v) is 9.84. The fraction of sp³-hybridized carbons (Fsp3) is 0.800. The minimum Gasteiger partial charge on any atom is -0.452 e. The monoisotopic (exact) mass is 266 g/mol. The Hall–Kier alpha value is -1.06. The lowest BCUT2D eigenvalue weighted by Crippen LogP contribution is -2.48. The maximum atomic E-state index is 11.1. The van der Waals surface area contributed by atoms with Crippen molar-refractivity contribution in [2.45, 2.75) is 43.9 Å². The van der Waals surface area contributed by atoms with Crippen LogP contribution in [0.15, 0.2) is 0 Å². The molecular weight excluding hydrogens is 248 g/mol. The maximum absolute atomic E-state index is 11.1. The normalized spacial score (nSPS) is 19.4. The van der Waals surface area contributed by atoms with E-state index in [4.69, 9.17) is 15.3 Å². The van der Waals surface area contributed by atoms with E-state index in [1.54, 1.807) is 0 Å². The predicted octanol–water partition coefficient (Wildman–Crippen LogP) is -3.06. The summed E-state index contributed by atoms with van der Waals surface area (Å²) in [6, 6.07) is 0. The van der Waals surface area contributed by atoms with Gasteiger partial charge in [0.15, 0.2) is 12.4 Å². The highest BCUT2D eigenvalue weighted by atomic mass is 16.6. The smallest absolute Gasteiger partial charge is 0.309 e. The number of hydrogen-bond acceptors (Lipinski definition) is 8. The van der Waals surface area contributed by atoms with E-state index in [1.807, 2.05) is 0 Å². The zero-order chi connectivity index (χ0) is 14.3. The van der Waals surface area contributed by atoms with Crippen LogP contribution in [-0.2, 0) is 14.3 Å². The van der Waals surface area contributed by atoms with Crippen LogP contribution in [0.1, 0.15) is 13.3 Å². The first kappa shape index (κ1) is 16.9. The Balaban J connectivity index is 4.48. The predicted molar refractivity (Wildman–Crippen MR) is 57.3 cm³/mol. The summed E-state index contributed by atoms with van der Waals surface area (Å²) >= 11 is 0. The molecule has 0 saturated heterocycles. The van der Waals surface area contributed by atoms with Crippen molar-refractivity contribution in [3.8, 4) is 0 Å². The van der Waals surface area contributed by atoms with Gasteiger partial charge < -0.3 is 30.3 Å². The summed E-state index contributed by atoms with van der Waals surface area (Å²) in [7, 11) is 0. The molecule has 0 bridgehead atoms. The summed E-state index contributed by atoms with van der Waals surface area (Å²) in [5.74, 6) is -0.938. The van der Waals surface area contributed by atoms with Crippen molar-refractivity contribution < 1.29 is 39.9 Å². The standard InChI is InChI=1S/C10H18O8/c1-5(13)2-8(15)18-7(4-12)10(17)9(16)6(14)3-11/h4-7,9-11,13-14,16-17H,2-3H2,1H3/t5-,6-,7+,9-,10-/m1/s1. The maximum Gasteiger partial charge on any atom is 0.309 e. The van der Waals surface area contributed by atoms with Gasteiger partial charge in [0, 0.05) is 0 Å². The van der Waals surface area contributed by atoms with E-state index < -0.39 is 43.1 Å². The van der Waals surface area contributed by atoms with Gasteiger partial charge in [0.1, 0.15) is 18.3 Å². The molecule has 8 heteroatoms. The number of ether oxygens (including phenoxy) is 1. The first-order valence-electron chi connectivity index (χ1n) is 5.31. The first-order valence-corrected chi connectivity index (χ1v) is 5.31. The van der Waals surface area contributed by atoms with E-state index in [2.05, 4.69) is 4.74 Å². The van der Waals surface area contributed by atoms with Crippen LogP contribution in [0.4, 0.5) is 0 Å². The Bertz CT molecular complexity index is 267. The van der Waals surface area contributed by atoms with Gasteiger partial charge in [-0.3, -0.25) is 9.59 Å². The molecule has 5 N–H and O–H groups in total. The van der Waals surface area contributed by atoms with Gasteiger partial charge in [-0.1, -0.05) is 0 Å². The summed E-state index contributed by atoms with van der Waals surface area (Å²) in [5, 5.41) is 45.3. The van der Waals surface area contributed by atoms with Crippen molar-refractivity contribution >= 4 is 12.3 Å². The number of carbonyl (C=O) groups excluding carboxylic acids is 2. The van der Waals surface area contributed by atoms with E-state index in [0.29, 0.717) is 0 Å². The number of esters is 1. The van der Waals surface area contributed by atoms with Crippen LogP contribution in [0.3, 0.4) is 0 Å². The van der Waals surface area contributed by atoms with Gasteiger partial charge in [0.2, 0.25) is 0 Å². The van der Waals surface area contributed by atoms with Crippen LogP contribution in [0.2, 0.25) is 0 Å². The van der Waals surface area contributed by atoms with Crippen LogP contribution >= 0.6 is 0 Å². The molecule has 5 atom stereocenters. The van der Waals surface area contributed by atoms with Crippen molar-refractivity contribution in [3.63, 3.8) is 0 Å². The number of carbonyl (C=O) groups is 2. The van der Waals surface area contributed by atoms with Crippen molar-refractivity contribution in [2.24, 2.45) is 0 Å². The summed E-state index contributed by atoms with van der Waals surface area (Å²) in [6.45, 7) is 0.503. The Kier molecular flexibility index (Phi) is 7.64. The summed E-state index contributed by atoms with van der Waals surface area (Å²) < 4.78 is 4.52. The highest BCUT2D eigenvalue weighted by molar-refractivity contribution is 5.73. The topological polar surface area (TPSA) is 145 Å². The molecular formula is C10H18O8. The lowest BCUT2D eigenvalue weighted by Gasteiger charge is -2.25. The number of aldehydes is 1. The minimum atomic E-state index is -1.87. The van der Waals surface area contributed by atoms with E-state index in [0.717, 1.165) is 0 Å². The van der Waals surface area contributed by atoms with E-state index in [1.165, 1.54) is 6.92 Å². The third kappa shape index (κ3) is 5.52. The Morgan fingerprint density at radius 1 is 1.22 bits per heavy atom. The van der Waals surface area contributed by atoms with E-state index >= 15 is 0 Å². The molecule has 0 radical (unpaired) electrons. The average Bonchev–Trinajstić information content (AvgIpc) is 2.32. The van der Waals surface area contributed by atoms with Crippen LogP contribution < -0.4 is 0 Å². The second-order valence-electron chi connectivity index (χ2n) is 3.87. The molecule has 0 aromatic carbocycles. The van der Waals surface area contributed by atoms with Gasteiger partial charge in [-0.15, -0.1) is 0 Å². The molecule has 0 heterocycles. The summed E-state index contributed by atoms with van der Waals surface area (Å²) in [6.07, 6.45) is -8.35. The largest absolute Gasteiger partial charge is 0.452 e. The third-order valence-electron chi connectivity index (χ3n) is 2.13. The van der Waals surface area contributed by atoms with Crippen molar-refractivity contribution in [3.05, 3.63) is 0 Å². The van der Waals surface area contributed by atoms with Gasteiger partial charge in [-0.05, 0) is 6.92 Å². The number of aliphatic hydroxyl groups is 5. The molecule has 0 aliphatic rings. The highest BCUT2D eigenvalue weighted by Gasteiger charge is 2.33. The van der Waals surface area contributed by atoms with Crippen LogP contribution in [0.25, 0.3) is 0 Å². The molecule has 0 saturated carbocycles. The van der Waals surface area contributed by atoms with Gasteiger partial charge in [0.25, 0.3) is 0 Å².